The van der Waals surface area contributed by atoms with Gasteiger partial charge in [-0.15, -0.1) is 13.2 Å². The van der Waals surface area contributed by atoms with Crippen molar-refractivity contribution in [3.63, 3.8) is 0 Å². The zero-order valence-corrected chi connectivity index (χ0v) is 18.3. The van der Waals surface area contributed by atoms with E-state index in [4.69, 9.17) is 5.11 Å². The molecule has 34 heavy (non-hydrogen) atoms. The van der Waals surface area contributed by atoms with Gasteiger partial charge in [0.05, 0.1) is 10.4 Å². The molecule has 0 atom stereocenters. The summed E-state index contributed by atoms with van der Waals surface area (Å²) in [4.78, 5) is 28.2. The second-order valence-electron chi connectivity index (χ2n) is 7.63. The van der Waals surface area contributed by atoms with Crippen molar-refractivity contribution in [1.82, 2.24) is 18.4 Å². The predicted molar refractivity (Wildman–Crippen MR) is 112 cm³/mol. The number of hydrogen-bond acceptors (Lipinski definition) is 6. The first kappa shape index (κ1) is 23.8. The average molecular weight is 500 g/mol. The standard InChI is InChI=1S/C20H19F3N4O6S/c21-20(22,23)33-14-3-5-15(6-4-14)34(31,32)25-10-7-13(8-11-25)27-18-16(2-1-9-24-18)26(19(27)30)12-17(28)29/h1-6,9,13H,7-8,10-12H2,(H,28,29). The van der Waals surface area contributed by atoms with Crippen molar-refractivity contribution in [3.05, 3.63) is 53.1 Å². The number of piperidine rings is 1. The number of imidazole rings is 1. The number of alkyl halides is 3. The summed E-state index contributed by atoms with van der Waals surface area (Å²) >= 11 is 0. The summed E-state index contributed by atoms with van der Waals surface area (Å²) < 4.78 is 70.3. The van der Waals surface area contributed by atoms with Crippen LogP contribution in [0, 0.1) is 0 Å². The number of carboxylic acids is 1. The Labute approximate surface area is 190 Å². The third-order valence-corrected chi connectivity index (χ3v) is 7.41. The van der Waals surface area contributed by atoms with E-state index in [0.29, 0.717) is 11.2 Å². The molecule has 1 N–H and O–H groups in total. The molecule has 1 saturated heterocycles. The van der Waals surface area contributed by atoms with Crippen molar-refractivity contribution in [2.75, 3.05) is 13.1 Å². The number of pyridine rings is 1. The van der Waals surface area contributed by atoms with Gasteiger partial charge in [0.25, 0.3) is 0 Å². The second-order valence-corrected chi connectivity index (χ2v) is 9.57. The molecule has 10 nitrogen and oxygen atoms in total. The number of aliphatic carboxylic acids is 1. The van der Waals surface area contributed by atoms with E-state index in [0.717, 1.165) is 28.8 Å². The van der Waals surface area contributed by atoms with Crippen LogP contribution < -0.4 is 10.4 Å². The number of rotatable bonds is 6. The lowest BCUT2D eigenvalue weighted by Gasteiger charge is -2.31. The quantitative estimate of drug-likeness (QED) is 0.550. The van der Waals surface area contributed by atoms with Crippen molar-refractivity contribution >= 4 is 27.2 Å². The highest BCUT2D eigenvalue weighted by molar-refractivity contribution is 7.89. The van der Waals surface area contributed by atoms with Crippen LogP contribution in [0.1, 0.15) is 18.9 Å². The minimum Gasteiger partial charge on any atom is -0.480 e. The van der Waals surface area contributed by atoms with Crippen LogP contribution >= 0.6 is 0 Å². The molecule has 182 valence electrons. The largest absolute Gasteiger partial charge is 0.573 e. The smallest absolute Gasteiger partial charge is 0.480 e. The van der Waals surface area contributed by atoms with E-state index < -0.39 is 46.4 Å². The Morgan fingerprint density at radius 2 is 1.79 bits per heavy atom. The molecular weight excluding hydrogens is 481 g/mol. The molecule has 1 aliphatic rings. The fraction of sp³-hybridized carbons (Fsp3) is 0.350. The van der Waals surface area contributed by atoms with E-state index >= 15 is 0 Å². The van der Waals surface area contributed by atoms with E-state index in [2.05, 4.69) is 9.72 Å². The zero-order chi connectivity index (χ0) is 24.7. The van der Waals surface area contributed by atoms with Gasteiger partial charge in [-0.05, 0) is 49.2 Å². The topological polar surface area (TPSA) is 124 Å². The molecule has 0 unspecified atom stereocenters. The Morgan fingerprint density at radius 3 is 2.38 bits per heavy atom. The van der Waals surface area contributed by atoms with Crippen LogP contribution in [0.4, 0.5) is 13.2 Å². The molecule has 3 heterocycles. The van der Waals surface area contributed by atoms with Crippen molar-refractivity contribution < 1.29 is 36.2 Å². The maximum Gasteiger partial charge on any atom is 0.573 e. The van der Waals surface area contributed by atoms with Gasteiger partial charge in [0.2, 0.25) is 10.0 Å². The van der Waals surface area contributed by atoms with Gasteiger partial charge >= 0.3 is 18.0 Å². The molecule has 4 rings (SSSR count). The molecule has 0 amide bonds. The van der Waals surface area contributed by atoms with E-state index in [9.17, 15) is 31.2 Å². The van der Waals surface area contributed by atoms with Crippen LogP contribution in [0.15, 0.2) is 52.3 Å². The SMILES string of the molecule is O=C(O)Cn1c(=O)n(C2CCN(S(=O)(=O)c3ccc(OC(F)(F)F)cc3)CC2)c2ncccc21. The van der Waals surface area contributed by atoms with E-state index in [-0.39, 0.29) is 30.8 Å². The van der Waals surface area contributed by atoms with Gasteiger partial charge in [0, 0.05) is 25.3 Å². The van der Waals surface area contributed by atoms with Crippen LogP contribution in [0.2, 0.25) is 0 Å². The highest BCUT2D eigenvalue weighted by Gasteiger charge is 2.33. The molecule has 1 fully saturated rings. The Kier molecular flexibility index (Phi) is 6.12. The maximum absolute atomic E-state index is 13.0. The Bertz CT molecular complexity index is 1370. The van der Waals surface area contributed by atoms with Crippen molar-refractivity contribution in [3.8, 4) is 5.75 Å². The molecule has 0 bridgehead atoms. The lowest BCUT2D eigenvalue weighted by Crippen LogP contribution is -2.41. The molecule has 1 aliphatic heterocycles. The minimum atomic E-state index is -4.89. The fourth-order valence-electron chi connectivity index (χ4n) is 4.03. The molecule has 0 spiro atoms. The highest BCUT2D eigenvalue weighted by Crippen LogP contribution is 2.30. The number of carbonyl (C=O) groups is 1. The molecule has 3 aromatic rings. The maximum atomic E-state index is 13.0. The van der Waals surface area contributed by atoms with Crippen LogP contribution in [0.25, 0.3) is 11.2 Å². The molecule has 1 aromatic carbocycles. The number of carboxylic acid groups (broad SMARTS) is 1. The highest BCUT2D eigenvalue weighted by atomic mass is 32.2. The van der Waals surface area contributed by atoms with Crippen LogP contribution in [0.3, 0.4) is 0 Å². The van der Waals surface area contributed by atoms with Crippen molar-refractivity contribution in [2.45, 2.75) is 36.7 Å². The number of sulfonamides is 1. The van der Waals surface area contributed by atoms with Gasteiger partial charge in [0.1, 0.15) is 12.3 Å². The summed E-state index contributed by atoms with van der Waals surface area (Å²) in [6.45, 7) is -0.424. The van der Waals surface area contributed by atoms with Gasteiger partial charge in [0.15, 0.2) is 5.65 Å². The number of ether oxygens (including phenoxy) is 1. The summed E-state index contributed by atoms with van der Waals surface area (Å²) in [7, 11) is -3.98. The second kappa shape index (κ2) is 8.76. The third kappa shape index (κ3) is 4.63. The summed E-state index contributed by atoms with van der Waals surface area (Å²) in [5.74, 6) is -1.72. The molecular formula is C20H19F3N4O6S. The number of benzene rings is 1. The van der Waals surface area contributed by atoms with Crippen molar-refractivity contribution in [1.29, 1.82) is 0 Å². The molecule has 0 aliphatic carbocycles. The number of fused-ring (bicyclic) bond motifs is 1. The first-order chi connectivity index (χ1) is 16.0. The minimum absolute atomic E-state index is 0.0542. The predicted octanol–water partition coefficient (Wildman–Crippen LogP) is 2.21. The lowest BCUT2D eigenvalue weighted by atomic mass is 10.1. The monoisotopic (exact) mass is 500 g/mol. The first-order valence-corrected chi connectivity index (χ1v) is 11.5. The zero-order valence-electron chi connectivity index (χ0n) is 17.5. The van der Waals surface area contributed by atoms with Gasteiger partial charge in [-0.25, -0.2) is 18.2 Å². The summed E-state index contributed by atoms with van der Waals surface area (Å²) in [5.41, 5.74) is 0.138. The van der Waals surface area contributed by atoms with Crippen molar-refractivity contribution in [2.24, 2.45) is 0 Å². The Hall–Kier alpha value is -3.39. The van der Waals surface area contributed by atoms with E-state index in [1.165, 1.54) is 15.1 Å². The molecule has 0 radical (unpaired) electrons. The number of nitrogens with zero attached hydrogens (tertiary/aromatic N) is 4. The van der Waals surface area contributed by atoms with E-state index in [1.54, 1.807) is 12.1 Å². The number of aromatic nitrogens is 3. The first-order valence-electron chi connectivity index (χ1n) is 10.1. The van der Waals surface area contributed by atoms with Gasteiger partial charge in [-0.3, -0.25) is 13.9 Å². The molecule has 2 aromatic heterocycles. The van der Waals surface area contributed by atoms with Gasteiger partial charge in [-0.2, -0.15) is 4.31 Å². The molecule has 0 saturated carbocycles. The van der Waals surface area contributed by atoms with Gasteiger partial charge < -0.3 is 9.84 Å². The fourth-order valence-corrected chi connectivity index (χ4v) is 5.50. The third-order valence-electron chi connectivity index (χ3n) is 5.50. The molecule has 14 heteroatoms. The normalized spacial score (nSPS) is 16.1. The van der Waals surface area contributed by atoms with E-state index in [1.807, 2.05) is 0 Å². The Morgan fingerprint density at radius 1 is 1.15 bits per heavy atom. The van der Waals surface area contributed by atoms with Crippen LogP contribution in [0.5, 0.6) is 5.75 Å². The lowest BCUT2D eigenvalue weighted by molar-refractivity contribution is -0.274. The summed E-state index contributed by atoms with van der Waals surface area (Å²) in [6.07, 6.45) is -2.88. The Balaban J connectivity index is 1.54. The van der Waals surface area contributed by atoms with Crippen LogP contribution in [-0.4, -0.2) is 57.4 Å². The average Bonchev–Trinajstić information content (AvgIpc) is 3.04. The number of halogens is 3. The van der Waals surface area contributed by atoms with Gasteiger partial charge in [-0.1, -0.05) is 0 Å². The summed E-state index contributed by atoms with van der Waals surface area (Å²) in [5, 5.41) is 9.15. The number of hydrogen-bond donors (Lipinski definition) is 1. The van der Waals surface area contributed by atoms with Crippen LogP contribution in [-0.2, 0) is 21.4 Å². The summed E-state index contributed by atoms with van der Waals surface area (Å²) in [6, 6.07) is 6.70.